The van der Waals surface area contributed by atoms with Crippen LogP contribution in [0.15, 0.2) is 47.8 Å². The van der Waals surface area contributed by atoms with Crippen molar-refractivity contribution in [2.45, 2.75) is 32.2 Å². The summed E-state index contributed by atoms with van der Waals surface area (Å²) in [5, 5.41) is 4.32. The van der Waals surface area contributed by atoms with Crippen molar-refractivity contribution in [3.63, 3.8) is 0 Å². The van der Waals surface area contributed by atoms with E-state index in [4.69, 9.17) is 15.0 Å². The lowest BCUT2D eigenvalue weighted by atomic mass is 10.0. The normalized spacial score (nSPS) is 16.2. The van der Waals surface area contributed by atoms with Gasteiger partial charge in [0.1, 0.15) is 19.0 Å². The molecule has 0 saturated carbocycles. The van der Waals surface area contributed by atoms with Crippen LogP contribution in [0.3, 0.4) is 0 Å². The summed E-state index contributed by atoms with van der Waals surface area (Å²) >= 11 is 0. The van der Waals surface area contributed by atoms with Gasteiger partial charge in [-0.15, -0.1) is 0 Å². The van der Waals surface area contributed by atoms with E-state index >= 15 is 0 Å². The van der Waals surface area contributed by atoms with Crippen LogP contribution in [0, 0.1) is 5.53 Å². The maximum Gasteiger partial charge on any atom is 0.416 e. The number of aromatic nitrogens is 1. The molecule has 0 unspecified atom stereocenters. The standard InChI is InChI=1S/C27H35F4N7O3/c1-20-17-36(19-24-6-7-25(16-34-24)41-14-13-40-12-9-28)10-11-37(20)26(39)8-4-21-3-5-23(27(29,30)31)15-22(21)18-38(33-2)35-32/h3-8,15-16,20,32-33H,9-14,17-19H2,1-2H3/b8-4+,35-32?/t20-/m1/s1. The Labute approximate surface area is 236 Å². The fraction of sp³-hybridized carbons (Fsp3) is 0.481. The molecular formula is C27H35F4N7O3. The first kappa shape index (κ1) is 31.9. The zero-order valence-corrected chi connectivity index (χ0v) is 23.0. The lowest BCUT2D eigenvalue weighted by Gasteiger charge is -2.39. The van der Waals surface area contributed by atoms with E-state index in [9.17, 15) is 22.4 Å². The number of carbonyl (C=O) groups excluding carboxylic acids is 1. The molecule has 0 radical (unpaired) electrons. The Bertz CT molecular complexity index is 1160. The minimum absolute atomic E-state index is 0.0498. The summed E-state index contributed by atoms with van der Waals surface area (Å²) in [7, 11) is 1.50. The molecule has 2 aromatic rings. The molecule has 2 N–H and O–H groups in total. The van der Waals surface area contributed by atoms with E-state index in [1.807, 2.05) is 19.1 Å². The number of piperazine rings is 1. The molecule has 1 fully saturated rings. The van der Waals surface area contributed by atoms with Gasteiger partial charge in [-0.1, -0.05) is 11.3 Å². The van der Waals surface area contributed by atoms with Crippen LogP contribution >= 0.6 is 0 Å². The van der Waals surface area contributed by atoms with E-state index in [-0.39, 0.29) is 30.7 Å². The van der Waals surface area contributed by atoms with Crippen molar-refractivity contribution >= 4 is 12.0 Å². The second kappa shape index (κ2) is 15.4. The highest BCUT2D eigenvalue weighted by Crippen LogP contribution is 2.31. The van der Waals surface area contributed by atoms with Crippen molar-refractivity contribution in [1.82, 2.24) is 25.3 Å². The summed E-state index contributed by atoms with van der Waals surface area (Å²) in [6.45, 7) is 4.30. The first-order chi connectivity index (χ1) is 19.6. The molecule has 1 amide bonds. The molecule has 1 atom stereocenters. The zero-order chi connectivity index (χ0) is 29.8. The number of nitrogens with one attached hydrogen (secondary N) is 2. The Hall–Kier alpha value is -3.62. The SMILES string of the molecule is CNN(Cc1cc(C(F)(F)F)ccc1/C=C/C(=O)N1CCN(Cc2ccc(OCCOCCF)cn2)C[C@H]1C)N=N. The van der Waals surface area contributed by atoms with E-state index in [0.29, 0.717) is 50.7 Å². The van der Waals surface area contributed by atoms with Gasteiger partial charge >= 0.3 is 6.18 Å². The molecule has 2 heterocycles. The van der Waals surface area contributed by atoms with Crippen molar-refractivity contribution in [1.29, 1.82) is 5.53 Å². The molecule has 224 valence electrons. The van der Waals surface area contributed by atoms with Crippen LogP contribution in [0.5, 0.6) is 5.75 Å². The van der Waals surface area contributed by atoms with Crippen LogP contribution in [-0.2, 0) is 28.8 Å². The molecule has 3 rings (SSSR count). The molecule has 0 spiro atoms. The number of amides is 1. The highest BCUT2D eigenvalue weighted by molar-refractivity contribution is 5.92. The van der Waals surface area contributed by atoms with E-state index in [0.717, 1.165) is 22.9 Å². The number of benzene rings is 1. The van der Waals surface area contributed by atoms with Crippen molar-refractivity contribution in [2.75, 3.05) is 53.2 Å². The topological polar surface area (TPSA) is 106 Å². The third-order valence-corrected chi connectivity index (χ3v) is 6.47. The largest absolute Gasteiger partial charge is 0.490 e. The van der Waals surface area contributed by atoms with E-state index < -0.39 is 18.4 Å². The van der Waals surface area contributed by atoms with Crippen LogP contribution in [0.4, 0.5) is 17.6 Å². The van der Waals surface area contributed by atoms with Gasteiger partial charge in [0.25, 0.3) is 0 Å². The van der Waals surface area contributed by atoms with Crippen molar-refractivity contribution in [3.8, 4) is 5.75 Å². The van der Waals surface area contributed by atoms with E-state index in [1.54, 1.807) is 11.1 Å². The van der Waals surface area contributed by atoms with Crippen molar-refractivity contribution < 1.29 is 31.8 Å². The number of hydrogen-bond acceptors (Lipinski definition) is 8. The number of rotatable bonds is 14. The third kappa shape index (κ3) is 9.76. The number of alkyl halides is 4. The molecule has 1 saturated heterocycles. The Balaban J connectivity index is 1.57. The molecule has 10 nitrogen and oxygen atoms in total. The fourth-order valence-corrected chi connectivity index (χ4v) is 4.36. The number of hydrazine groups is 1. The summed E-state index contributed by atoms with van der Waals surface area (Å²) in [6.07, 6.45) is -0.0390. The van der Waals surface area contributed by atoms with Gasteiger partial charge in [-0.05, 0) is 48.4 Å². The Kier molecular flexibility index (Phi) is 12.0. The predicted octanol–water partition coefficient (Wildman–Crippen LogP) is 4.09. The quantitative estimate of drug-likeness (QED) is 0.114. The van der Waals surface area contributed by atoms with E-state index in [2.05, 4.69) is 20.5 Å². The molecule has 1 aromatic heterocycles. The van der Waals surface area contributed by atoms with Crippen molar-refractivity contribution in [3.05, 3.63) is 65.0 Å². The van der Waals surface area contributed by atoms with Crippen LogP contribution in [0.1, 0.15) is 29.3 Å². The zero-order valence-electron chi connectivity index (χ0n) is 23.0. The van der Waals surface area contributed by atoms with Crippen LogP contribution in [-0.4, -0.2) is 85.0 Å². The average molecular weight is 582 g/mol. The van der Waals surface area contributed by atoms with Crippen LogP contribution < -0.4 is 10.2 Å². The molecule has 0 aliphatic carbocycles. The minimum Gasteiger partial charge on any atom is -0.490 e. The number of nitrogens with zero attached hydrogens (tertiary/aromatic N) is 5. The molecule has 0 bridgehead atoms. The number of pyridine rings is 1. The molecule has 1 aliphatic rings. The van der Waals surface area contributed by atoms with Gasteiger partial charge in [0.2, 0.25) is 5.91 Å². The predicted molar refractivity (Wildman–Crippen MR) is 143 cm³/mol. The first-order valence-electron chi connectivity index (χ1n) is 13.1. The first-order valence-corrected chi connectivity index (χ1v) is 13.1. The van der Waals surface area contributed by atoms with Crippen LogP contribution in [0.25, 0.3) is 6.08 Å². The number of carbonyl (C=O) groups is 1. The van der Waals surface area contributed by atoms with Crippen LogP contribution in [0.2, 0.25) is 0 Å². The highest BCUT2D eigenvalue weighted by atomic mass is 19.4. The Morgan fingerprint density at radius 3 is 2.68 bits per heavy atom. The van der Waals surface area contributed by atoms with E-state index in [1.165, 1.54) is 25.3 Å². The third-order valence-electron chi connectivity index (χ3n) is 6.47. The molecule has 1 aromatic carbocycles. The summed E-state index contributed by atoms with van der Waals surface area (Å²) in [5.41, 5.74) is 10.5. The van der Waals surface area contributed by atoms with Gasteiger partial charge in [0, 0.05) is 45.3 Å². The smallest absolute Gasteiger partial charge is 0.416 e. The number of halogens is 4. The Morgan fingerprint density at radius 1 is 1.24 bits per heavy atom. The number of ether oxygens (including phenoxy) is 2. The minimum atomic E-state index is -4.53. The van der Waals surface area contributed by atoms with Gasteiger partial charge in [-0.25, -0.2) is 14.9 Å². The maximum absolute atomic E-state index is 13.3. The second-order valence-electron chi connectivity index (χ2n) is 9.38. The Morgan fingerprint density at radius 2 is 2.05 bits per heavy atom. The maximum atomic E-state index is 13.3. The summed E-state index contributed by atoms with van der Waals surface area (Å²) in [5.74, 6) is 0.353. The highest BCUT2D eigenvalue weighted by Gasteiger charge is 2.31. The molecular weight excluding hydrogens is 546 g/mol. The summed E-state index contributed by atoms with van der Waals surface area (Å²) < 4.78 is 62.4. The molecule has 41 heavy (non-hydrogen) atoms. The molecule has 1 aliphatic heterocycles. The fourth-order valence-electron chi connectivity index (χ4n) is 4.36. The van der Waals surface area contributed by atoms with Gasteiger partial charge in [0.05, 0.1) is 37.2 Å². The van der Waals surface area contributed by atoms with Gasteiger partial charge in [0.15, 0.2) is 0 Å². The van der Waals surface area contributed by atoms with Gasteiger partial charge in [-0.2, -0.15) is 18.7 Å². The van der Waals surface area contributed by atoms with Gasteiger partial charge < -0.3 is 14.4 Å². The monoisotopic (exact) mass is 581 g/mol. The van der Waals surface area contributed by atoms with Gasteiger partial charge in [-0.3, -0.25) is 14.7 Å². The summed E-state index contributed by atoms with van der Waals surface area (Å²) in [4.78, 5) is 21.4. The second-order valence-corrected chi connectivity index (χ2v) is 9.38. The van der Waals surface area contributed by atoms with Crippen molar-refractivity contribution in [2.24, 2.45) is 5.22 Å². The lowest BCUT2D eigenvalue weighted by Crippen LogP contribution is -2.53. The average Bonchev–Trinajstić information content (AvgIpc) is 2.95. The summed E-state index contributed by atoms with van der Waals surface area (Å²) in [6, 6.07) is 6.86. The number of hydrogen-bond donors (Lipinski definition) is 2. The molecule has 14 heteroatoms. The lowest BCUT2D eigenvalue weighted by molar-refractivity contribution is -0.137.